The van der Waals surface area contributed by atoms with E-state index in [1.165, 1.54) is 24.9 Å². The molecule has 3 rings (SSSR count). The van der Waals surface area contributed by atoms with Crippen LogP contribution < -0.4 is 0 Å². The Hall–Kier alpha value is -2.41. The number of carboxylic acids is 2. The van der Waals surface area contributed by atoms with Crippen LogP contribution in [0.2, 0.25) is 0 Å². The number of nitrogens with zero attached hydrogens (tertiary/aromatic N) is 2. The summed E-state index contributed by atoms with van der Waals surface area (Å²) in [4.78, 5) is 24.4. The second-order valence-electron chi connectivity index (χ2n) is 6.97. The molecule has 2 saturated heterocycles. The third kappa shape index (κ3) is 9.96. The summed E-state index contributed by atoms with van der Waals surface area (Å²) in [7, 11) is 0. The lowest BCUT2D eigenvalue weighted by Gasteiger charge is -2.34. The number of carboxylic acid groups (broad SMARTS) is 2. The van der Waals surface area contributed by atoms with Crippen LogP contribution in [0.25, 0.3) is 0 Å². The molecule has 0 radical (unpaired) electrons. The van der Waals surface area contributed by atoms with Crippen LogP contribution in [0.15, 0.2) is 24.5 Å². The van der Waals surface area contributed by atoms with Gasteiger partial charge >= 0.3 is 24.3 Å². The third-order valence-corrected chi connectivity index (χ3v) is 4.43. The fourth-order valence-corrected chi connectivity index (χ4v) is 3.16. The van der Waals surface area contributed by atoms with Crippen molar-refractivity contribution in [2.75, 3.05) is 13.1 Å². The normalized spacial score (nSPS) is 23.5. The molecule has 1 aromatic heterocycles. The first-order chi connectivity index (χ1) is 14.2. The van der Waals surface area contributed by atoms with E-state index >= 15 is 0 Å². The lowest BCUT2D eigenvalue weighted by Crippen LogP contribution is -2.40. The Morgan fingerprint density at radius 3 is 2.03 bits per heavy atom. The highest BCUT2D eigenvalue weighted by atomic mass is 19.4. The van der Waals surface area contributed by atoms with Crippen molar-refractivity contribution in [2.24, 2.45) is 5.92 Å². The molecule has 0 spiro atoms. The Morgan fingerprint density at radius 2 is 1.58 bits per heavy atom. The van der Waals surface area contributed by atoms with Crippen molar-refractivity contribution in [1.29, 1.82) is 0 Å². The van der Waals surface area contributed by atoms with Gasteiger partial charge in [-0.15, -0.1) is 0 Å². The number of halogens is 6. The van der Waals surface area contributed by atoms with Gasteiger partial charge < -0.3 is 14.9 Å². The van der Waals surface area contributed by atoms with Crippen LogP contribution in [0.1, 0.15) is 25.3 Å². The third-order valence-electron chi connectivity index (χ3n) is 4.43. The first-order valence-corrected chi connectivity index (χ1v) is 9.07. The highest BCUT2D eigenvalue weighted by Gasteiger charge is 2.39. The molecule has 31 heavy (non-hydrogen) atoms. The molecule has 2 fully saturated rings. The van der Waals surface area contributed by atoms with E-state index in [4.69, 9.17) is 24.5 Å². The van der Waals surface area contributed by atoms with Crippen molar-refractivity contribution in [3.05, 3.63) is 30.1 Å². The molecule has 13 heteroatoms. The number of aliphatic carboxylic acids is 2. The van der Waals surface area contributed by atoms with Crippen molar-refractivity contribution >= 4 is 11.9 Å². The first-order valence-electron chi connectivity index (χ1n) is 9.07. The number of hydrogen-bond acceptors (Lipinski definition) is 5. The number of likely N-dealkylation sites (tertiary alicyclic amines) is 1. The van der Waals surface area contributed by atoms with Crippen molar-refractivity contribution in [3.63, 3.8) is 0 Å². The van der Waals surface area contributed by atoms with Gasteiger partial charge in [0.2, 0.25) is 0 Å². The highest BCUT2D eigenvalue weighted by Crippen LogP contribution is 2.33. The van der Waals surface area contributed by atoms with E-state index in [-0.39, 0.29) is 0 Å². The molecule has 0 aliphatic carbocycles. The van der Waals surface area contributed by atoms with Gasteiger partial charge in [-0.1, -0.05) is 0 Å². The Kier molecular flexibility index (Phi) is 9.69. The van der Waals surface area contributed by atoms with Crippen molar-refractivity contribution < 1.29 is 50.9 Å². The molecule has 2 aliphatic rings. The number of carbonyl (C=O) groups is 2. The van der Waals surface area contributed by atoms with Crippen LogP contribution in [0.4, 0.5) is 26.3 Å². The molecule has 0 bridgehead atoms. The van der Waals surface area contributed by atoms with Crippen LogP contribution in [0.3, 0.4) is 0 Å². The van der Waals surface area contributed by atoms with Gasteiger partial charge in [0.1, 0.15) is 0 Å². The number of pyridine rings is 1. The zero-order valence-electron chi connectivity index (χ0n) is 16.4. The van der Waals surface area contributed by atoms with E-state index in [9.17, 15) is 26.3 Å². The second-order valence-corrected chi connectivity index (χ2v) is 6.97. The molecule has 3 atom stereocenters. The molecule has 1 aromatic rings. The zero-order chi connectivity index (χ0) is 23.8. The lowest BCUT2D eigenvalue weighted by molar-refractivity contribution is -0.193. The number of rotatable bonds is 2. The van der Waals surface area contributed by atoms with Gasteiger partial charge in [-0.3, -0.25) is 9.88 Å². The SMILES string of the molecule is C[C@H]1C[C@H]2CN(Cc3ccncc3)CC[C@@H]2O1.O=C(O)C(F)(F)F.O=C(O)C(F)(F)F. The van der Waals surface area contributed by atoms with Gasteiger partial charge in [0.25, 0.3) is 0 Å². The van der Waals surface area contributed by atoms with E-state index < -0.39 is 24.3 Å². The van der Waals surface area contributed by atoms with Crippen molar-refractivity contribution in [2.45, 2.75) is 50.9 Å². The fraction of sp³-hybridized carbons (Fsp3) is 0.611. The second kappa shape index (κ2) is 11.3. The summed E-state index contributed by atoms with van der Waals surface area (Å²) in [6, 6.07) is 4.22. The van der Waals surface area contributed by atoms with Crippen LogP contribution in [-0.2, 0) is 20.9 Å². The van der Waals surface area contributed by atoms with E-state index in [1.54, 1.807) is 0 Å². The molecular formula is C18H22F6N2O5. The summed E-state index contributed by atoms with van der Waals surface area (Å²) < 4.78 is 69.4. The Balaban J connectivity index is 0.000000288. The monoisotopic (exact) mass is 460 g/mol. The molecule has 3 heterocycles. The average molecular weight is 460 g/mol. The molecule has 0 saturated carbocycles. The van der Waals surface area contributed by atoms with Gasteiger partial charge in [-0.05, 0) is 37.5 Å². The number of ether oxygens (including phenoxy) is 1. The predicted molar refractivity (Wildman–Crippen MR) is 94.0 cm³/mol. The summed E-state index contributed by atoms with van der Waals surface area (Å²) >= 11 is 0. The molecule has 0 aromatic carbocycles. The minimum Gasteiger partial charge on any atom is -0.475 e. The van der Waals surface area contributed by atoms with Gasteiger partial charge in [0.15, 0.2) is 0 Å². The first kappa shape index (κ1) is 26.6. The molecule has 176 valence electrons. The summed E-state index contributed by atoms with van der Waals surface area (Å²) in [6.45, 7) is 5.61. The largest absolute Gasteiger partial charge is 0.490 e. The maximum atomic E-state index is 10.6. The molecule has 0 amide bonds. The van der Waals surface area contributed by atoms with Crippen molar-refractivity contribution in [1.82, 2.24) is 9.88 Å². The summed E-state index contributed by atoms with van der Waals surface area (Å²) in [6.07, 6.45) is -2.99. The Morgan fingerprint density at radius 1 is 1.10 bits per heavy atom. The minimum absolute atomic E-state index is 0.464. The zero-order valence-corrected chi connectivity index (χ0v) is 16.4. The molecule has 2 aliphatic heterocycles. The van der Waals surface area contributed by atoms with E-state index in [1.807, 2.05) is 12.4 Å². The number of hydrogen-bond donors (Lipinski definition) is 2. The Bertz CT molecular complexity index is 690. The quantitative estimate of drug-likeness (QED) is 0.653. The van der Waals surface area contributed by atoms with Crippen LogP contribution in [0, 0.1) is 5.92 Å². The minimum atomic E-state index is -5.08. The van der Waals surface area contributed by atoms with Crippen LogP contribution in [0.5, 0.6) is 0 Å². The fourth-order valence-electron chi connectivity index (χ4n) is 3.16. The molecule has 0 unspecified atom stereocenters. The average Bonchev–Trinajstić information content (AvgIpc) is 3.01. The molecular weight excluding hydrogens is 438 g/mol. The molecule has 2 N–H and O–H groups in total. The van der Waals surface area contributed by atoms with E-state index in [0.29, 0.717) is 12.2 Å². The van der Waals surface area contributed by atoms with Gasteiger partial charge in [-0.25, -0.2) is 9.59 Å². The van der Waals surface area contributed by atoms with E-state index in [0.717, 1.165) is 19.0 Å². The number of fused-ring (bicyclic) bond motifs is 1. The molecule has 7 nitrogen and oxygen atoms in total. The summed E-state index contributed by atoms with van der Waals surface area (Å²) in [5.74, 6) is -4.76. The smallest absolute Gasteiger partial charge is 0.475 e. The predicted octanol–water partition coefficient (Wildman–Crippen LogP) is 3.35. The maximum Gasteiger partial charge on any atom is 0.490 e. The van der Waals surface area contributed by atoms with E-state index in [2.05, 4.69) is 28.9 Å². The summed E-state index contributed by atoms with van der Waals surface area (Å²) in [5.41, 5.74) is 1.37. The standard InChI is InChI=1S/C14H20N2O.2C2HF3O2/c1-11-8-13-10-16(7-4-14(13)17-11)9-12-2-5-15-6-3-12;2*3-2(4,5)1(6)7/h2-3,5-6,11,13-14H,4,7-10H2,1H3;2*(H,6,7)/t11-,13-,14-;;/m0../s1. The van der Waals surface area contributed by atoms with Crippen molar-refractivity contribution in [3.8, 4) is 0 Å². The Labute approximate surface area is 173 Å². The van der Waals surface area contributed by atoms with Gasteiger partial charge in [0.05, 0.1) is 12.2 Å². The number of aromatic nitrogens is 1. The van der Waals surface area contributed by atoms with Crippen LogP contribution in [-0.4, -0.2) is 69.7 Å². The van der Waals surface area contributed by atoms with Gasteiger partial charge in [-0.2, -0.15) is 26.3 Å². The lowest BCUT2D eigenvalue weighted by atomic mass is 9.93. The maximum absolute atomic E-state index is 10.6. The highest BCUT2D eigenvalue weighted by molar-refractivity contribution is 5.73. The van der Waals surface area contributed by atoms with Crippen LogP contribution >= 0.6 is 0 Å². The summed E-state index contributed by atoms with van der Waals surface area (Å²) in [5, 5.41) is 14.2. The van der Waals surface area contributed by atoms with Gasteiger partial charge in [0, 0.05) is 37.9 Å². The topological polar surface area (TPSA) is 100.0 Å². The number of alkyl halides is 6. The number of piperidine rings is 1.